The molecular formula is C46H47O5P. The quantitative estimate of drug-likeness (QED) is 0.110. The third-order valence-corrected chi connectivity index (χ3v) is 16.1. The zero-order chi connectivity index (χ0) is 37.1. The molecule has 6 aromatic carbocycles. The van der Waals surface area contributed by atoms with Gasteiger partial charge in [-0.3, -0.25) is 0 Å². The van der Waals surface area contributed by atoms with Crippen molar-refractivity contribution in [2.24, 2.45) is 0 Å². The fourth-order valence-corrected chi connectivity index (χ4v) is 13.6. The summed E-state index contributed by atoms with van der Waals surface area (Å²) < 4.78 is 8.10. The molecule has 0 heterocycles. The molecule has 0 aliphatic heterocycles. The Hall–Kier alpha value is -5.38. The molecule has 0 aliphatic carbocycles. The average Bonchev–Trinajstić information content (AvgIpc) is 3.13. The first kappa shape index (κ1) is 36.4. The first-order valence-corrected chi connectivity index (χ1v) is 20.1. The first-order chi connectivity index (χ1) is 24.9. The maximum atomic E-state index is 12.7. The molecule has 6 aromatic rings. The third-order valence-electron chi connectivity index (χ3n) is 10.2. The molecule has 0 bridgehead atoms. The third kappa shape index (κ3) is 6.81. The Morgan fingerprint density at radius 2 is 0.904 bits per heavy atom. The van der Waals surface area contributed by atoms with Crippen molar-refractivity contribution >= 4 is 28.7 Å². The number of carboxylic acid groups (broad SMARTS) is 1. The molecule has 6 heteroatoms. The normalized spacial score (nSPS) is 12.2. The van der Waals surface area contributed by atoms with Crippen LogP contribution in [0.3, 0.4) is 0 Å². The molecule has 0 atom stereocenters. The van der Waals surface area contributed by atoms with E-state index in [1.807, 2.05) is 107 Å². The van der Waals surface area contributed by atoms with Gasteiger partial charge in [0, 0.05) is 0 Å². The van der Waals surface area contributed by atoms with E-state index < -0.39 is 12.8 Å². The van der Waals surface area contributed by atoms with Crippen LogP contribution in [-0.2, 0) is 17.6 Å². The van der Waals surface area contributed by atoms with Gasteiger partial charge in [-0.25, -0.2) is 0 Å². The Kier molecular flexibility index (Phi) is 10.3. The summed E-state index contributed by atoms with van der Waals surface area (Å²) in [5.41, 5.74) is 8.31. The SMILES string of the molecule is Cc1cc(Cc2cc(C)c(O)c(C)c2)c(OP(CCC(=O)O)(c2ccccc2)(c2ccccc2)c2ccccc2)c(Cc2cc(C)c(O)c(C)c2)c1. The van der Waals surface area contributed by atoms with E-state index in [4.69, 9.17) is 4.52 Å². The minimum atomic E-state index is -4.16. The van der Waals surface area contributed by atoms with Crippen molar-refractivity contribution in [1.29, 1.82) is 0 Å². The van der Waals surface area contributed by atoms with Crippen LogP contribution in [0.15, 0.2) is 127 Å². The first-order valence-electron chi connectivity index (χ1n) is 17.7. The molecular weight excluding hydrogens is 663 g/mol. The van der Waals surface area contributed by atoms with E-state index in [2.05, 4.69) is 55.5 Å². The predicted molar refractivity (Wildman–Crippen MR) is 215 cm³/mol. The summed E-state index contributed by atoms with van der Waals surface area (Å²) in [5, 5.41) is 34.5. The van der Waals surface area contributed by atoms with Crippen molar-refractivity contribution in [3.05, 3.63) is 177 Å². The van der Waals surface area contributed by atoms with Crippen molar-refractivity contribution in [3.8, 4) is 17.2 Å². The summed E-state index contributed by atoms with van der Waals surface area (Å²) >= 11 is 0. The summed E-state index contributed by atoms with van der Waals surface area (Å²) in [6.07, 6.45) is 1.19. The number of benzene rings is 6. The number of phenolic OH excluding ortho intramolecular Hbond substituents is 2. The van der Waals surface area contributed by atoms with Gasteiger partial charge in [-0.2, -0.15) is 0 Å². The second kappa shape index (κ2) is 14.7. The summed E-state index contributed by atoms with van der Waals surface area (Å²) in [5.74, 6) is 0.407. The Bertz CT molecular complexity index is 2000. The van der Waals surface area contributed by atoms with E-state index in [-0.39, 0.29) is 12.6 Å². The van der Waals surface area contributed by atoms with Crippen molar-refractivity contribution in [1.82, 2.24) is 0 Å². The zero-order valence-corrected chi connectivity index (χ0v) is 31.5. The molecule has 0 saturated heterocycles. The molecule has 0 radical (unpaired) electrons. The molecule has 0 aromatic heterocycles. The number of aryl methyl sites for hydroxylation is 5. The minimum absolute atomic E-state index is 0.111. The van der Waals surface area contributed by atoms with Gasteiger partial charge >= 0.3 is 308 Å². The number of hydrogen-bond acceptors (Lipinski definition) is 4. The van der Waals surface area contributed by atoms with Crippen molar-refractivity contribution < 1.29 is 24.6 Å². The number of aromatic hydroxyl groups is 2. The zero-order valence-electron chi connectivity index (χ0n) is 30.6. The van der Waals surface area contributed by atoms with Gasteiger partial charge in [0.2, 0.25) is 0 Å². The van der Waals surface area contributed by atoms with Crippen LogP contribution >= 0.6 is 6.83 Å². The van der Waals surface area contributed by atoms with Gasteiger partial charge in [0.05, 0.1) is 0 Å². The van der Waals surface area contributed by atoms with Crippen LogP contribution in [0.25, 0.3) is 0 Å². The molecule has 0 fully saturated rings. The van der Waals surface area contributed by atoms with Crippen molar-refractivity contribution in [2.45, 2.75) is 53.9 Å². The Morgan fingerprint density at radius 1 is 0.558 bits per heavy atom. The molecule has 5 nitrogen and oxygen atoms in total. The average molecular weight is 711 g/mol. The number of phenols is 2. The van der Waals surface area contributed by atoms with Crippen LogP contribution in [0.5, 0.6) is 17.2 Å². The molecule has 6 rings (SSSR count). The summed E-state index contributed by atoms with van der Waals surface area (Å²) in [7, 11) is 0. The summed E-state index contributed by atoms with van der Waals surface area (Å²) in [4.78, 5) is 12.7. The van der Waals surface area contributed by atoms with E-state index in [1.54, 1.807) is 0 Å². The van der Waals surface area contributed by atoms with Crippen LogP contribution in [0.4, 0.5) is 0 Å². The number of rotatable bonds is 12. The van der Waals surface area contributed by atoms with Crippen molar-refractivity contribution in [3.63, 3.8) is 0 Å². The van der Waals surface area contributed by atoms with Crippen molar-refractivity contribution in [2.75, 3.05) is 6.16 Å². The van der Waals surface area contributed by atoms with Crippen LogP contribution in [0, 0.1) is 34.6 Å². The summed E-state index contributed by atoms with van der Waals surface area (Å²) in [6, 6.07) is 43.0. The Balaban J connectivity index is 1.73. The van der Waals surface area contributed by atoms with E-state index in [0.29, 0.717) is 24.3 Å². The van der Waals surface area contributed by atoms with Gasteiger partial charge in [-0.1, -0.05) is 0 Å². The fraction of sp³-hybridized carbons (Fsp3) is 0.196. The fourth-order valence-electron chi connectivity index (χ4n) is 7.82. The maximum absolute atomic E-state index is 12.7. The molecule has 266 valence electrons. The number of aliphatic carboxylic acids is 1. The van der Waals surface area contributed by atoms with Crippen LogP contribution < -0.4 is 20.4 Å². The van der Waals surface area contributed by atoms with Crippen LogP contribution in [0.1, 0.15) is 56.5 Å². The topological polar surface area (TPSA) is 87.0 Å². The van der Waals surface area contributed by atoms with E-state index in [9.17, 15) is 20.1 Å². The van der Waals surface area contributed by atoms with Gasteiger partial charge in [0.1, 0.15) is 0 Å². The van der Waals surface area contributed by atoms with Gasteiger partial charge in [-0.05, 0) is 0 Å². The van der Waals surface area contributed by atoms with E-state index in [1.165, 1.54) is 0 Å². The second-order valence-corrected chi connectivity index (χ2v) is 18.7. The molecule has 0 spiro atoms. The van der Waals surface area contributed by atoms with E-state index in [0.717, 1.165) is 71.7 Å². The molecule has 0 saturated carbocycles. The predicted octanol–water partition coefficient (Wildman–Crippen LogP) is 9.12. The summed E-state index contributed by atoms with van der Waals surface area (Å²) in [6.45, 7) is 5.60. The number of carbonyl (C=O) groups is 1. The molecule has 0 amide bonds. The van der Waals surface area contributed by atoms with Crippen LogP contribution in [-0.4, -0.2) is 27.5 Å². The monoisotopic (exact) mass is 710 g/mol. The van der Waals surface area contributed by atoms with Gasteiger partial charge in [-0.15, -0.1) is 0 Å². The number of hydrogen-bond donors (Lipinski definition) is 3. The second-order valence-electron chi connectivity index (χ2n) is 14.1. The molecule has 3 N–H and O–H groups in total. The van der Waals surface area contributed by atoms with E-state index >= 15 is 0 Å². The van der Waals surface area contributed by atoms with Crippen LogP contribution in [0.2, 0.25) is 0 Å². The molecule has 52 heavy (non-hydrogen) atoms. The van der Waals surface area contributed by atoms with Gasteiger partial charge in [0.25, 0.3) is 0 Å². The Morgan fingerprint density at radius 3 is 1.23 bits per heavy atom. The molecule has 0 unspecified atom stereocenters. The van der Waals surface area contributed by atoms with Gasteiger partial charge in [0.15, 0.2) is 0 Å². The van der Waals surface area contributed by atoms with Gasteiger partial charge < -0.3 is 0 Å². The number of carboxylic acids is 1. The Labute approximate surface area is 307 Å². The standard InChI is InChI=1S/C46H47O5P/c1-31-23-38(29-36-25-32(2)44(49)33(3)26-36)46(39(24-31)30-37-27-34(4)45(50)35(5)28-37)51-52(22-21-43(47)48,40-15-9-6-10-16-40,41-17-11-7-12-18-41)42-19-13-8-14-20-42/h6-20,23-28,49-50H,21-22,29-30H2,1-5H3,(H,47,48). The molecule has 0 aliphatic rings.